The number of fused-ring (bicyclic) bond motifs is 1. The zero-order valence-corrected chi connectivity index (χ0v) is 9.44. The Hall–Kier alpha value is -1.02. The van der Waals surface area contributed by atoms with Crippen molar-refractivity contribution < 1.29 is 4.74 Å². The topological polar surface area (TPSA) is 35.2 Å². The maximum Gasteiger partial charge on any atom is 0.122 e. The average Bonchev–Trinajstić information content (AvgIpc) is 2.59. The van der Waals surface area contributed by atoms with E-state index in [-0.39, 0.29) is 6.04 Å². The van der Waals surface area contributed by atoms with Gasteiger partial charge in [-0.3, -0.25) is 0 Å². The van der Waals surface area contributed by atoms with E-state index < -0.39 is 0 Å². The minimum Gasteiger partial charge on any atom is -0.493 e. The van der Waals surface area contributed by atoms with Crippen LogP contribution in [0.3, 0.4) is 0 Å². The fraction of sp³-hybridized carbons (Fsp3) is 0.538. The van der Waals surface area contributed by atoms with Crippen LogP contribution >= 0.6 is 0 Å². The molecule has 1 aliphatic rings. The SMILES string of the molecule is CC(C)CC(N)C1COc2ccccc21. The van der Waals surface area contributed by atoms with E-state index in [1.807, 2.05) is 12.1 Å². The first-order valence-corrected chi connectivity index (χ1v) is 5.65. The third-order valence-corrected chi connectivity index (χ3v) is 3.00. The van der Waals surface area contributed by atoms with Gasteiger partial charge >= 0.3 is 0 Å². The molecule has 0 saturated carbocycles. The highest BCUT2D eigenvalue weighted by molar-refractivity contribution is 5.40. The molecule has 2 rings (SSSR count). The van der Waals surface area contributed by atoms with Crippen LogP contribution in [-0.4, -0.2) is 12.6 Å². The Balaban J connectivity index is 2.13. The molecule has 2 N–H and O–H groups in total. The lowest BCUT2D eigenvalue weighted by molar-refractivity contribution is 0.302. The molecule has 2 unspecified atom stereocenters. The normalized spacial score (nSPS) is 21.2. The summed E-state index contributed by atoms with van der Waals surface area (Å²) >= 11 is 0. The standard InChI is InChI=1S/C13H19NO/c1-9(2)7-12(14)11-8-15-13-6-4-3-5-10(11)13/h3-6,9,11-12H,7-8,14H2,1-2H3. The molecular formula is C13H19NO. The Morgan fingerprint density at radius 1 is 1.40 bits per heavy atom. The van der Waals surface area contributed by atoms with Gasteiger partial charge in [-0.05, 0) is 18.4 Å². The summed E-state index contributed by atoms with van der Waals surface area (Å²) in [6.45, 7) is 5.16. The van der Waals surface area contributed by atoms with Crippen LogP contribution in [0.4, 0.5) is 0 Å². The molecule has 15 heavy (non-hydrogen) atoms. The van der Waals surface area contributed by atoms with E-state index in [4.69, 9.17) is 10.5 Å². The zero-order chi connectivity index (χ0) is 10.8. The van der Waals surface area contributed by atoms with Crippen LogP contribution in [-0.2, 0) is 0 Å². The highest BCUT2D eigenvalue weighted by atomic mass is 16.5. The second-order valence-electron chi connectivity index (χ2n) is 4.75. The van der Waals surface area contributed by atoms with Gasteiger partial charge in [-0.15, -0.1) is 0 Å². The van der Waals surface area contributed by atoms with Crippen molar-refractivity contribution in [2.75, 3.05) is 6.61 Å². The highest BCUT2D eigenvalue weighted by Gasteiger charge is 2.29. The smallest absolute Gasteiger partial charge is 0.122 e. The lowest BCUT2D eigenvalue weighted by Crippen LogP contribution is -2.30. The molecule has 0 radical (unpaired) electrons. The highest BCUT2D eigenvalue weighted by Crippen LogP contribution is 2.36. The first kappa shape index (κ1) is 10.5. The summed E-state index contributed by atoms with van der Waals surface area (Å²) in [4.78, 5) is 0. The minimum absolute atomic E-state index is 0.216. The summed E-state index contributed by atoms with van der Waals surface area (Å²) in [6, 6.07) is 8.44. The van der Waals surface area contributed by atoms with Crippen molar-refractivity contribution in [2.24, 2.45) is 11.7 Å². The second kappa shape index (κ2) is 4.23. The van der Waals surface area contributed by atoms with Crippen molar-refractivity contribution in [2.45, 2.75) is 32.2 Å². The van der Waals surface area contributed by atoms with Crippen molar-refractivity contribution in [3.8, 4) is 5.75 Å². The van der Waals surface area contributed by atoms with Gasteiger partial charge in [0.15, 0.2) is 0 Å². The molecule has 0 amide bonds. The van der Waals surface area contributed by atoms with Gasteiger partial charge in [-0.1, -0.05) is 32.0 Å². The van der Waals surface area contributed by atoms with Gasteiger partial charge in [0.2, 0.25) is 0 Å². The molecule has 0 aliphatic carbocycles. The number of para-hydroxylation sites is 1. The minimum atomic E-state index is 0.216. The van der Waals surface area contributed by atoms with E-state index in [9.17, 15) is 0 Å². The zero-order valence-electron chi connectivity index (χ0n) is 9.44. The molecule has 2 heteroatoms. The molecule has 2 atom stereocenters. The summed E-state index contributed by atoms with van der Waals surface area (Å²) in [5, 5.41) is 0. The van der Waals surface area contributed by atoms with Crippen LogP contribution < -0.4 is 10.5 Å². The summed E-state index contributed by atoms with van der Waals surface area (Å²) in [5.41, 5.74) is 7.50. The number of ether oxygens (including phenoxy) is 1. The van der Waals surface area contributed by atoms with Gasteiger partial charge in [0.1, 0.15) is 5.75 Å². The van der Waals surface area contributed by atoms with Crippen LogP contribution in [0.25, 0.3) is 0 Å². The van der Waals surface area contributed by atoms with E-state index in [0.717, 1.165) is 18.8 Å². The number of rotatable bonds is 3. The second-order valence-corrected chi connectivity index (χ2v) is 4.75. The van der Waals surface area contributed by atoms with Gasteiger partial charge < -0.3 is 10.5 Å². The number of benzene rings is 1. The maximum absolute atomic E-state index is 6.21. The van der Waals surface area contributed by atoms with Crippen molar-refractivity contribution in [3.05, 3.63) is 29.8 Å². The van der Waals surface area contributed by atoms with Crippen molar-refractivity contribution in [1.29, 1.82) is 0 Å². The molecule has 1 aliphatic heterocycles. The average molecular weight is 205 g/mol. The Morgan fingerprint density at radius 2 is 2.13 bits per heavy atom. The van der Waals surface area contributed by atoms with Gasteiger partial charge in [0.05, 0.1) is 6.61 Å². The molecule has 2 nitrogen and oxygen atoms in total. The molecule has 1 aromatic carbocycles. The number of hydrogen-bond acceptors (Lipinski definition) is 2. The van der Waals surface area contributed by atoms with Crippen LogP contribution in [0.5, 0.6) is 5.75 Å². The fourth-order valence-electron chi connectivity index (χ4n) is 2.25. The Labute approximate surface area is 91.4 Å². The van der Waals surface area contributed by atoms with E-state index in [2.05, 4.69) is 26.0 Å². The van der Waals surface area contributed by atoms with Gasteiger partial charge in [-0.25, -0.2) is 0 Å². The molecule has 82 valence electrons. The van der Waals surface area contributed by atoms with E-state index >= 15 is 0 Å². The molecule has 0 saturated heterocycles. The third-order valence-electron chi connectivity index (χ3n) is 3.00. The number of hydrogen-bond donors (Lipinski definition) is 1. The molecule has 0 bridgehead atoms. The summed E-state index contributed by atoms with van der Waals surface area (Å²) in [5.74, 6) is 2.04. The lowest BCUT2D eigenvalue weighted by atomic mass is 9.89. The molecule has 0 fully saturated rings. The van der Waals surface area contributed by atoms with E-state index in [1.54, 1.807) is 0 Å². The summed E-state index contributed by atoms with van der Waals surface area (Å²) < 4.78 is 5.63. The van der Waals surface area contributed by atoms with Crippen LogP contribution in [0.15, 0.2) is 24.3 Å². The Kier molecular flexibility index (Phi) is 2.96. The quantitative estimate of drug-likeness (QED) is 0.823. The summed E-state index contributed by atoms with van der Waals surface area (Å²) in [7, 11) is 0. The molecule has 0 aromatic heterocycles. The van der Waals surface area contributed by atoms with Crippen molar-refractivity contribution in [1.82, 2.24) is 0 Å². The third kappa shape index (κ3) is 2.15. The molecule has 1 aromatic rings. The van der Waals surface area contributed by atoms with E-state index in [1.165, 1.54) is 5.56 Å². The fourth-order valence-corrected chi connectivity index (χ4v) is 2.25. The van der Waals surface area contributed by atoms with Gasteiger partial charge in [-0.2, -0.15) is 0 Å². The molecule has 1 heterocycles. The van der Waals surface area contributed by atoms with Crippen LogP contribution in [0.1, 0.15) is 31.7 Å². The maximum atomic E-state index is 6.21. The van der Waals surface area contributed by atoms with Crippen LogP contribution in [0.2, 0.25) is 0 Å². The van der Waals surface area contributed by atoms with Gasteiger partial charge in [0.25, 0.3) is 0 Å². The Morgan fingerprint density at radius 3 is 2.87 bits per heavy atom. The molecular weight excluding hydrogens is 186 g/mol. The Bertz CT molecular complexity index is 335. The van der Waals surface area contributed by atoms with Crippen molar-refractivity contribution in [3.63, 3.8) is 0 Å². The van der Waals surface area contributed by atoms with Crippen LogP contribution in [0, 0.1) is 5.92 Å². The predicted molar refractivity (Wildman–Crippen MR) is 62.1 cm³/mol. The first-order chi connectivity index (χ1) is 7.18. The molecule has 0 spiro atoms. The summed E-state index contributed by atoms with van der Waals surface area (Å²) in [6.07, 6.45) is 1.06. The predicted octanol–water partition coefficient (Wildman–Crippen LogP) is 2.54. The number of nitrogens with two attached hydrogens (primary N) is 1. The lowest BCUT2D eigenvalue weighted by Gasteiger charge is -2.19. The largest absolute Gasteiger partial charge is 0.493 e. The monoisotopic (exact) mass is 205 g/mol. The van der Waals surface area contributed by atoms with Crippen molar-refractivity contribution >= 4 is 0 Å². The first-order valence-electron chi connectivity index (χ1n) is 5.65. The van der Waals surface area contributed by atoms with E-state index in [0.29, 0.717) is 11.8 Å². The van der Waals surface area contributed by atoms with Gasteiger partial charge in [0, 0.05) is 17.5 Å².